The third-order valence-electron chi connectivity index (χ3n) is 7.84. The molecule has 0 spiro atoms. The van der Waals surface area contributed by atoms with Crippen LogP contribution in [0.2, 0.25) is 0 Å². The molecule has 0 aliphatic heterocycles. The summed E-state index contributed by atoms with van der Waals surface area (Å²) in [4.78, 5) is 41.8. The maximum atomic E-state index is 13.0. The van der Waals surface area contributed by atoms with Crippen molar-refractivity contribution in [3.8, 4) is 0 Å². The van der Waals surface area contributed by atoms with Crippen molar-refractivity contribution in [2.75, 3.05) is 6.54 Å². The molecule has 4 atom stereocenters. The number of carbonyl (C=O) groups excluding carboxylic acids is 3. The van der Waals surface area contributed by atoms with E-state index in [2.05, 4.69) is 29.5 Å². The lowest BCUT2D eigenvalue weighted by atomic mass is 9.45. The number of primary amides is 1. The van der Waals surface area contributed by atoms with Gasteiger partial charge in [-0.05, 0) is 66.9 Å². The molecule has 2 aromatic rings. The van der Waals surface area contributed by atoms with Crippen molar-refractivity contribution < 1.29 is 14.4 Å². The maximum Gasteiger partial charge on any atom is 0.272 e. The molecule has 178 valence electrons. The second kappa shape index (κ2) is 8.80. The Morgan fingerprint density at radius 1 is 1.21 bits per heavy atom. The molecule has 4 N–H and O–H groups in total. The first-order chi connectivity index (χ1) is 15.6. The maximum absolute atomic E-state index is 13.0. The van der Waals surface area contributed by atoms with E-state index in [9.17, 15) is 14.4 Å². The zero-order valence-corrected chi connectivity index (χ0v) is 19.9. The van der Waals surface area contributed by atoms with Crippen molar-refractivity contribution >= 4 is 23.4 Å². The number of nitrogens with two attached hydrogens (primary N) is 1. The lowest BCUT2D eigenvalue weighted by molar-refractivity contribution is -0.120. The van der Waals surface area contributed by atoms with Crippen molar-refractivity contribution in [2.24, 2.45) is 34.8 Å². The van der Waals surface area contributed by atoms with E-state index in [1.54, 1.807) is 22.6 Å². The second-order valence-electron chi connectivity index (χ2n) is 10.7. The number of amides is 3. The number of fused-ring (bicyclic) bond motifs is 3. The van der Waals surface area contributed by atoms with Crippen LogP contribution >= 0.6 is 0 Å². The van der Waals surface area contributed by atoms with Gasteiger partial charge >= 0.3 is 0 Å². The number of aromatic nitrogens is 2. The molecule has 3 saturated carbocycles. The Morgan fingerprint density at radius 3 is 2.61 bits per heavy atom. The van der Waals surface area contributed by atoms with Crippen LogP contribution < -0.4 is 16.4 Å². The van der Waals surface area contributed by atoms with E-state index in [4.69, 9.17) is 5.73 Å². The van der Waals surface area contributed by atoms with E-state index in [-0.39, 0.29) is 17.5 Å². The van der Waals surface area contributed by atoms with E-state index < -0.39 is 17.9 Å². The van der Waals surface area contributed by atoms with Gasteiger partial charge < -0.3 is 16.4 Å². The van der Waals surface area contributed by atoms with Gasteiger partial charge in [-0.2, -0.15) is 0 Å². The molecule has 3 amide bonds. The first-order valence-electron chi connectivity index (χ1n) is 11.9. The van der Waals surface area contributed by atoms with Gasteiger partial charge in [0.2, 0.25) is 5.91 Å². The zero-order valence-electron chi connectivity index (χ0n) is 19.9. The summed E-state index contributed by atoms with van der Waals surface area (Å²) in [5.74, 6) is 0.944. The van der Waals surface area contributed by atoms with E-state index in [0.717, 1.165) is 12.3 Å². The van der Waals surface area contributed by atoms with Crippen molar-refractivity contribution in [3.63, 3.8) is 0 Å². The fourth-order valence-electron chi connectivity index (χ4n) is 5.78. The Balaban J connectivity index is 1.46. The molecule has 8 heteroatoms. The molecule has 0 aromatic carbocycles. The van der Waals surface area contributed by atoms with E-state index >= 15 is 0 Å². The minimum absolute atomic E-state index is 0.139. The van der Waals surface area contributed by atoms with Crippen molar-refractivity contribution in [1.82, 2.24) is 20.0 Å². The Morgan fingerprint density at radius 2 is 1.97 bits per heavy atom. The Labute approximate surface area is 194 Å². The van der Waals surface area contributed by atoms with Crippen LogP contribution in [0.3, 0.4) is 0 Å². The molecule has 0 radical (unpaired) electrons. The minimum Gasteiger partial charge on any atom is -0.368 e. The van der Waals surface area contributed by atoms with Gasteiger partial charge in [-0.15, -0.1) is 0 Å². The number of hydrogen-bond donors (Lipinski definition) is 3. The fraction of sp³-hybridized carbons (Fsp3) is 0.600. The first-order valence-corrected chi connectivity index (χ1v) is 11.9. The summed E-state index contributed by atoms with van der Waals surface area (Å²) in [6, 6.07) is 4.45. The lowest BCUT2D eigenvalue weighted by Gasteiger charge is -2.60. The van der Waals surface area contributed by atoms with Crippen LogP contribution in [-0.4, -0.2) is 39.7 Å². The van der Waals surface area contributed by atoms with Gasteiger partial charge in [0.05, 0.1) is 0 Å². The molecule has 5 rings (SSSR count). The number of nitrogens with one attached hydrogen (secondary N) is 2. The topological polar surface area (TPSA) is 119 Å². The van der Waals surface area contributed by atoms with Gasteiger partial charge in [0, 0.05) is 12.7 Å². The van der Waals surface area contributed by atoms with E-state index in [0.29, 0.717) is 41.6 Å². The van der Waals surface area contributed by atoms with Crippen molar-refractivity contribution in [3.05, 3.63) is 35.8 Å². The molecule has 0 saturated heterocycles. The van der Waals surface area contributed by atoms with Crippen LogP contribution in [0.5, 0.6) is 0 Å². The monoisotopic (exact) mass is 453 g/mol. The first kappa shape index (κ1) is 23.3. The summed E-state index contributed by atoms with van der Waals surface area (Å²) in [7, 11) is 0. The smallest absolute Gasteiger partial charge is 0.272 e. The molecular weight excluding hydrogens is 418 g/mol. The molecule has 2 heterocycles. The molecule has 3 fully saturated rings. The van der Waals surface area contributed by atoms with Crippen LogP contribution in [0.15, 0.2) is 24.4 Å². The van der Waals surface area contributed by atoms with Gasteiger partial charge in [0.15, 0.2) is 0 Å². The third-order valence-corrected chi connectivity index (χ3v) is 7.84. The number of pyridine rings is 1. The second-order valence-corrected chi connectivity index (χ2v) is 10.7. The highest BCUT2D eigenvalue weighted by Gasteiger charge is 2.53. The normalized spacial score (nSPS) is 24.2. The van der Waals surface area contributed by atoms with Gasteiger partial charge in [-0.1, -0.05) is 33.8 Å². The standard InChI is InChI=1S/C25H35N5O3/c1-14(2)10-18(22(26)31)29-23(32)19-13-30-20(6-5-7-21(30)28-19)24(33)27-12-15-8-9-16-11-17(15)25(16,3)4/h5-7,13-18H,8-12H2,1-4H3,(H2,26,31)(H,27,33)(H,29,32)/t15-,16-,17-,18-/m0/s1. The molecule has 2 aromatic heterocycles. The predicted octanol–water partition coefficient (Wildman–Crippen LogP) is 2.77. The third kappa shape index (κ3) is 4.48. The van der Waals surface area contributed by atoms with Crippen LogP contribution in [-0.2, 0) is 4.79 Å². The van der Waals surface area contributed by atoms with Crippen LogP contribution in [0, 0.1) is 29.1 Å². The van der Waals surface area contributed by atoms with Crippen LogP contribution in [0.1, 0.15) is 74.4 Å². The quantitative estimate of drug-likeness (QED) is 0.569. The van der Waals surface area contributed by atoms with Gasteiger partial charge in [-0.3, -0.25) is 18.8 Å². The Bertz CT molecular complexity index is 1070. The zero-order chi connectivity index (χ0) is 23.9. The minimum atomic E-state index is -0.768. The molecule has 3 aliphatic carbocycles. The average Bonchev–Trinajstić information content (AvgIpc) is 3.21. The van der Waals surface area contributed by atoms with Crippen molar-refractivity contribution in [1.29, 1.82) is 0 Å². The van der Waals surface area contributed by atoms with Gasteiger partial charge in [0.25, 0.3) is 11.8 Å². The summed E-state index contributed by atoms with van der Waals surface area (Å²) < 4.78 is 1.62. The number of imidazole rings is 1. The highest BCUT2D eigenvalue weighted by Crippen LogP contribution is 2.61. The van der Waals surface area contributed by atoms with Gasteiger partial charge in [-0.25, -0.2) is 4.98 Å². The van der Waals surface area contributed by atoms with Crippen LogP contribution in [0.4, 0.5) is 0 Å². The fourth-order valence-corrected chi connectivity index (χ4v) is 5.78. The summed E-state index contributed by atoms with van der Waals surface area (Å²) >= 11 is 0. The number of carbonyl (C=O) groups is 3. The number of hydrogen-bond acceptors (Lipinski definition) is 4. The average molecular weight is 454 g/mol. The predicted molar refractivity (Wildman–Crippen MR) is 126 cm³/mol. The Hall–Kier alpha value is -2.90. The van der Waals surface area contributed by atoms with Crippen molar-refractivity contribution in [2.45, 2.75) is 59.4 Å². The molecule has 2 bridgehead atoms. The highest BCUT2D eigenvalue weighted by atomic mass is 16.2. The largest absolute Gasteiger partial charge is 0.368 e. The van der Waals surface area contributed by atoms with Gasteiger partial charge in [0.1, 0.15) is 23.1 Å². The van der Waals surface area contributed by atoms with E-state index in [1.807, 2.05) is 13.8 Å². The highest BCUT2D eigenvalue weighted by molar-refractivity contribution is 5.97. The molecule has 0 unspecified atom stereocenters. The number of rotatable bonds is 8. The summed E-state index contributed by atoms with van der Waals surface area (Å²) in [5.41, 5.74) is 6.87. The van der Waals surface area contributed by atoms with E-state index in [1.165, 1.54) is 19.0 Å². The Kier molecular flexibility index (Phi) is 6.20. The molecule has 3 aliphatic rings. The number of nitrogens with zero attached hydrogens (tertiary/aromatic N) is 2. The summed E-state index contributed by atoms with van der Waals surface area (Å²) in [6.45, 7) is 9.27. The summed E-state index contributed by atoms with van der Waals surface area (Å²) in [6.07, 6.45) is 5.65. The summed E-state index contributed by atoms with van der Waals surface area (Å²) in [5, 5.41) is 5.78. The molecule has 8 nitrogen and oxygen atoms in total. The lowest BCUT2D eigenvalue weighted by Crippen LogP contribution is -2.54. The van der Waals surface area contributed by atoms with Crippen LogP contribution in [0.25, 0.3) is 5.65 Å². The molecule has 33 heavy (non-hydrogen) atoms. The SMILES string of the molecule is CC(C)C[C@H](NC(=O)c1cn2c(C(=O)NC[C@@H]3CC[C@H]4C[C@@H]3C4(C)C)cccc2n1)C(N)=O. The molecular formula is C25H35N5O3.